The fourth-order valence-corrected chi connectivity index (χ4v) is 4.09. The van der Waals surface area contributed by atoms with Crippen molar-refractivity contribution in [1.29, 1.82) is 0 Å². The second-order valence-corrected chi connectivity index (χ2v) is 7.50. The molecule has 1 atom stereocenters. The normalized spacial score (nSPS) is 21.0. The minimum atomic E-state index is -0.204. The first kappa shape index (κ1) is 19.1. The highest BCUT2D eigenvalue weighted by Gasteiger charge is 2.30. The van der Waals surface area contributed by atoms with E-state index in [4.69, 9.17) is 0 Å². The van der Waals surface area contributed by atoms with E-state index in [0.29, 0.717) is 5.92 Å². The lowest BCUT2D eigenvalue weighted by molar-refractivity contribution is -0.138. The Balaban J connectivity index is 1.48. The van der Waals surface area contributed by atoms with Crippen LogP contribution >= 0.6 is 0 Å². The zero-order chi connectivity index (χ0) is 18.5. The molecule has 0 radical (unpaired) electrons. The number of hydrogen-bond donors (Lipinski definition) is 1. The van der Waals surface area contributed by atoms with Gasteiger partial charge in [0.05, 0.1) is 6.04 Å². The topological polar surface area (TPSA) is 38.8 Å². The van der Waals surface area contributed by atoms with Gasteiger partial charge in [0.25, 0.3) is 0 Å². The van der Waals surface area contributed by atoms with Crippen molar-refractivity contribution in [2.45, 2.75) is 25.8 Å². The summed E-state index contributed by atoms with van der Waals surface area (Å²) in [5.74, 6) is 0.756. The van der Waals surface area contributed by atoms with Crippen LogP contribution in [0.5, 0.6) is 0 Å². The Labute approximate surface area is 156 Å². The van der Waals surface area contributed by atoms with Crippen molar-refractivity contribution in [3.8, 4) is 0 Å². The van der Waals surface area contributed by atoms with E-state index in [1.807, 2.05) is 31.0 Å². The van der Waals surface area contributed by atoms with Crippen LogP contribution in [0.2, 0.25) is 0 Å². The van der Waals surface area contributed by atoms with Gasteiger partial charge in [-0.05, 0) is 63.5 Å². The number of nitrogens with one attached hydrogen (secondary N) is 1. The van der Waals surface area contributed by atoms with Gasteiger partial charge >= 0.3 is 0 Å². The third-order valence-electron chi connectivity index (χ3n) is 5.83. The van der Waals surface area contributed by atoms with Crippen LogP contribution < -0.4 is 10.2 Å². The average molecular weight is 362 g/mol. The van der Waals surface area contributed by atoms with Crippen LogP contribution in [0.1, 0.15) is 19.8 Å². The maximum absolute atomic E-state index is 13.1. The molecule has 3 rings (SSSR count). The summed E-state index contributed by atoms with van der Waals surface area (Å²) in [5.41, 5.74) is 1.05. The molecule has 0 bridgehead atoms. The first-order valence-electron chi connectivity index (χ1n) is 9.76. The highest BCUT2D eigenvalue weighted by Crippen LogP contribution is 2.20. The number of hydrogen-bond acceptors (Lipinski definition) is 4. The molecule has 5 nitrogen and oxygen atoms in total. The van der Waals surface area contributed by atoms with Crippen LogP contribution in [-0.4, -0.2) is 74.6 Å². The number of anilines is 1. The number of rotatable bonds is 5. The summed E-state index contributed by atoms with van der Waals surface area (Å²) in [6.45, 7) is 8.30. The Morgan fingerprint density at radius 3 is 2.31 bits per heavy atom. The molecular formula is C20H31FN4O. The summed E-state index contributed by atoms with van der Waals surface area (Å²) in [7, 11) is 1.99. The molecule has 0 saturated carbocycles. The quantitative estimate of drug-likeness (QED) is 0.867. The largest absolute Gasteiger partial charge is 0.369 e. The summed E-state index contributed by atoms with van der Waals surface area (Å²) in [5, 5.41) is 3.24. The fourth-order valence-electron chi connectivity index (χ4n) is 4.09. The van der Waals surface area contributed by atoms with E-state index in [2.05, 4.69) is 15.1 Å². The minimum Gasteiger partial charge on any atom is -0.369 e. The predicted octanol–water partition coefficient (Wildman–Crippen LogP) is 1.79. The van der Waals surface area contributed by atoms with Crippen LogP contribution in [0.15, 0.2) is 24.3 Å². The Morgan fingerprint density at radius 1 is 1.12 bits per heavy atom. The number of nitrogens with zero attached hydrogens (tertiary/aromatic N) is 3. The number of carbonyl (C=O) groups is 1. The smallest absolute Gasteiger partial charge is 0.239 e. The summed E-state index contributed by atoms with van der Waals surface area (Å²) >= 11 is 0. The summed E-state index contributed by atoms with van der Waals surface area (Å²) in [4.78, 5) is 19.4. The molecule has 2 saturated heterocycles. The number of benzene rings is 1. The maximum Gasteiger partial charge on any atom is 0.239 e. The van der Waals surface area contributed by atoms with Crippen molar-refractivity contribution < 1.29 is 9.18 Å². The van der Waals surface area contributed by atoms with Gasteiger partial charge in [0.2, 0.25) is 5.91 Å². The minimum absolute atomic E-state index is 0.0637. The molecule has 1 unspecified atom stereocenters. The third kappa shape index (κ3) is 4.54. The summed E-state index contributed by atoms with van der Waals surface area (Å²) in [6.07, 6.45) is 2.19. The Bertz CT molecular complexity index is 578. The van der Waals surface area contributed by atoms with Crippen molar-refractivity contribution in [3.05, 3.63) is 30.1 Å². The Hall–Kier alpha value is -1.66. The fraction of sp³-hybridized carbons (Fsp3) is 0.650. The average Bonchev–Trinajstić information content (AvgIpc) is 2.68. The van der Waals surface area contributed by atoms with Crippen LogP contribution in [0, 0.1) is 11.7 Å². The van der Waals surface area contributed by atoms with Gasteiger partial charge in [-0.2, -0.15) is 0 Å². The molecule has 2 aliphatic heterocycles. The molecule has 1 amide bonds. The standard InChI is InChI=1S/C20H31FN4O/c1-16(20(26)25-9-7-17(8-10-25)15-22-2)23-11-13-24(14-12-23)19-5-3-18(21)4-6-19/h3-6,16-17,22H,7-15H2,1-2H3. The van der Waals surface area contributed by atoms with Crippen molar-refractivity contribution in [3.63, 3.8) is 0 Å². The van der Waals surface area contributed by atoms with Gasteiger partial charge in [-0.15, -0.1) is 0 Å². The van der Waals surface area contributed by atoms with Crippen LogP contribution in [0.4, 0.5) is 10.1 Å². The van der Waals surface area contributed by atoms with Gasteiger partial charge in [-0.3, -0.25) is 9.69 Å². The van der Waals surface area contributed by atoms with Crippen LogP contribution in [-0.2, 0) is 4.79 Å². The zero-order valence-electron chi connectivity index (χ0n) is 16.0. The van der Waals surface area contributed by atoms with Crippen molar-refractivity contribution in [2.75, 3.05) is 57.8 Å². The Kier molecular flexibility index (Phi) is 6.48. The molecule has 26 heavy (non-hydrogen) atoms. The van der Waals surface area contributed by atoms with E-state index in [0.717, 1.165) is 64.3 Å². The number of piperazine rings is 1. The molecule has 2 aliphatic rings. The summed E-state index contributed by atoms with van der Waals surface area (Å²) in [6, 6.07) is 6.60. The molecule has 1 N–H and O–H groups in total. The van der Waals surface area contributed by atoms with E-state index in [-0.39, 0.29) is 17.8 Å². The molecule has 0 aromatic heterocycles. The van der Waals surface area contributed by atoms with Gasteiger partial charge in [0.1, 0.15) is 5.82 Å². The van der Waals surface area contributed by atoms with E-state index >= 15 is 0 Å². The molecular weight excluding hydrogens is 331 g/mol. The highest BCUT2D eigenvalue weighted by atomic mass is 19.1. The first-order valence-corrected chi connectivity index (χ1v) is 9.76. The lowest BCUT2D eigenvalue weighted by atomic mass is 9.96. The van der Waals surface area contributed by atoms with Crippen LogP contribution in [0.3, 0.4) is 0 Å². The van der Waals surface area contributed by atoms with Gasteiger partial charge in [0.15, 0.2) is 0 Å². The number of likely N-dealkylation sites (tertiary alicyclic amines) is 1. The maximum atomic E-state index is 13.1. The van der Waals surface area contributed by atoms with Crippen molar-refractivity contribution in [1.82, 2.24) is 15.1 Å². The Morgan fingerprint density at radius 2 is 1.73 bits per heavy atom. The molecule has 1 aromatic rings. The lowest BCUT2D eigenvalue weighted by Crippen LogP contribution is -2.55. The van der Waals surface area contributed by atoms with Gasteiger partial charge in [-0.1, -0.05) is 0 Å². The van der Waals surface area contributed by atoms with Gasteiger partial charge in [0, 0.05) is 45.0 Å². The molecule has 6 heteroatoms. The van der Waals surface area contributed by atoms with Crippen molar-refractivity contribution in [2.24, 2.45) is 5.92 Å². The van der Waals surface area contributed by atoms with Gasteiger partial charge < -0.3 is 15.1 Å². The SMILES string of the molecule is CNCC1CCN(C(=O)C(C)N2CCN(c3ccc(F)cc3)CC2)CC1. The van der Waals surface area contributed by atoms with E-state index in [1.165, 1.54) is 12.1 Å². The molecule has 144 valence electrons. The van der Waals surface area contributed by atoms with E-state index in [1.54, 1.807) is 0 Å². The molecule has 2 heterocycles. The summed E-state index contributed by atoms with van der Waals surface area (Å²) < 4.78 is 13.1. The predicted molar refractivity (Wildman–Crippen MR) is 103 cm³/mol. The molecule has 0 spiro atoms. The number of piperidine rings is 1. The van der Waals surface area contributed by atoms with E-state index < -0.39 is 0 Å². The second-order valence-electron chi connectivity index (χ2n) is 7.50. The second kappa shape index (κ2) is 8.82. The van der Waals surface area contributed by atoms with Gasteiger partial charge in [-0.25, -0.2) is 4.39 Å². The molecule has 0 aliphatic carbocycles. The number of halogens is 1. The first-order chi connectivity index (χ1) is 12.6. The molecule has 2 fully saturated rings. The number of carbonyl (C=O) groups excluding carboxylic acids is 1. The van der Waals surface area contributed by atoms with Crippen LogP contribution in [0.25, 0.3) is 0 Å². The monoisotopic (exact) mass is 362 g/mol. The highest BCUT2D eigenvalue weighted by molar-refractivity contribution is 5.81. The molecule has 1 aromatic carbocycles. The zero-order valence-corrected chi connectivity index (χ0v) is 16.0. The van der Waals surface area contributed by atoms with Crippen molar-refractivity contribution >= 4 is 11.6 Å². The lowest BCUT2D eigenvalue weighted by Gasteiger charge is -2.41. The van der Waals surface area contributed by atoms with E-state index in [9.17, 15) is 9.18 Å². The number of amides is 1. The third-order valence-corrected chi connectivity index (χ3v) is 5.83.